The molecule has 0 unspecified atom stereocenters. The predicted molar refractivity (Wildman–Crippen MR) is 63.8 cm³/mol. The topological polar surface area (TPSA) is 22.0 Å². The van der Waals surface area contributed by atoms with Crippen LogP contribution in [-0.4, -0.2) is 10.4 Å². The summed E-state index contributed by atoms with van der Waals surface area (Å²) in [6, 6.07) is 2.29. The maximum Gasteiger partial charge on any atom is 0.180 e. The van der Waals surface area contributed by atoms with E-state index in [4.69, 9.17) is 0 Å². The number of hydrogen-bond donors (Lipinski definition) is 0. The number of fused-ring (bicyclic) bond motifs is 3. The number of ketones is 1. The fourth-order valence-electron chi connectivity index (χ4n) is 3.26. The van der Waals surface area contributed by atoms with Gasteiger partial charge in [-0.3, -0.25) is 4.79 Å². The van der Waals surface area contributed by atoms with Crippen molar-refractivity contribution >= 4 is 5.78 Å². The van der Waals surface area contributed by atoms with Crippen LogP contribution >= 0.6 is 0 Å². The van der Waals surface area contributed by atoms with E-state index in [-0.39, 0.29) is 5.41 Å². The Balaban J connectivity index is 2.12. The second-order valence-corrected chi connectivity index (χ2v) is 6.06. The number of hydrogen-bond acceptors (Lipinski definition) is 1. The summed E-state index contributed by atoms with van der Waals surface area (Å²) in [7, 11) is 0. The molecule has 0 amide bonds. The van der Waals surface area contributed by atoms with Gasteiger partial charge in [0.15, 0.2) is 5.78 Å². The summed E-state index contributed by atoms with van der Waals surface area (Å²) in [6.45, 7) is 5.45. The van der Waals surface area contributed by atoms with Gasteiger partial charge in [0.1, 0.15) is 0 Å². The van der Waals surface area contributed by atoms with Crippen molar-refractivity contribution in [1.29, 1.82) is 0 Å². The van der Waals surface area contributed by atoms with Crippen molar-refractivity contribution in [2.75, 3.05) is 0 Å². The van der Waals surface area contributed by atoms with Gasteiger partial charge in [-0.25, -0.2) is 0 Å². The van der Waals surface area contributed by atoms with Gasteiger partial charge in [0.25, 0.3) is 0 Å². The molecule has 2 heteroatoms. The maximum atomic E-state index is 12.2. The second kappa shape index (κ2) is 3.22. The highest BCUT2D eigenvalue weighted by Gasteiger charge is 2.34. The molecule has 2 heterocycles. The van der Waals surface area contributed by atoms with Crippen LogP contribution in [0.5, 0.6) is 0 Å². The van der Waals surface area contributed by atoms with E-state index in [1.165, 1.54) is 24.1 Å². The zero-order valence-corrected chi connectivity index (χ0v) is 10.2. The Morgan fingerprint density at radius 2 is 2.06 bits per heavy atom. The van der Waals surface area contributed by atoms with Crippen molar-refractivity contribution in [1.82, 2.24) is 4.57 Å². The van der Waals surface area contributed by atoms with Crippen molar-refractivity contribution in [2.45, 2.75) is 52.5 Å². The van der Waals surface area contributed by atoms with Crippen LogP contribution in [0.25, 0.3) is 0 Å². The van der Waals surface area contributed by atoms with Crippen LogP contribution in [-0.2, 0) is 19.4 Å². The highest BCUT2D eigenvalue weighted by Crippen LogP contribution is 2.37. The van der Waals surface area contributed by atoms with E-state index in [0.717, 1.165) is 25.1 Å². The first-order valence-electron chi connectivity index (χ1n) is 6.31. The van der Waals surface area contributed by atoms with E-state index in [1.807, 2.05) is 0 Å². The Kier molecular flexibility index (Phi) is 2.04. The molecular weight excluding hydrogens is 198 g/mol. The van der Waals surface area contributed by atoms with Crippen LogP contribution in [0, 0.1) is 5.41 Å². The van der Waals surface area contributed by atoms with Gasteiger partial charge >= 0.3 is 0 Å². The molecule has 2 aliphatic rings. The second-order valence-electron chi connectivity index (χ2n) is 6.06. The van der Waals surface area contributed by atoms with Crippen molar-refractivity contribution in [3.8, 4) is 0 Å². The van der Waals surface area contributed by atoms with E-state index >= 15 is 0 Å². The molecule has 0 spiro atoms. The summed E-state index contributed by atoms with van der Waals surface area (Å²) >= 11 is 0. The third kappa shape index (κ3) is 1.43. The van der Waals surface area contributed by atoms with E-state index in [1.54, 1.807) is 0 Å². The molecule has 1 aliphatic heterocycles. The molecule has 0 saturated heterocycles. The molecule has 0 atom stereocenters. The van der Waals surface area contributed by atoms with Crippen LogP contribution in [0.1, 0.15) is 54.9 Å². The largest absolute Gasteiger partial charge is 0.342 e. The van der Waals surface area contributed by atoms with Crippen molar-refractivity contribution in [2.24, 2.45) is 5.41 Å². The Hall–Kier alpha value is -1.05. The molecule has 0 N–H and O–H groups in total. The van der Waals surface area contributed by atoms with Gasteiger partial charge in [-0.05, 0) is 42.7 Å². The van der Waals surface area contributed by atoms with Crippen LogP contribution in [0.4, 0.5) is 0 Å². The fraction of sp³-hybridized carbons (Fsp3) is 0.643. The fourth-order valence-corrected chi connectivity index (χ4v) is 3.26. The van der Waals surface area contributed by atoms with Gasteiger partial charge in [-0.15, -0.1) is 0 Å². The van der Waals surface area contributed by atoms with E-state index in [2.05, 4.69) is 24.5 Å². The number of rotatable bonds is 0. The molecule has 2 nitrogen and oxygen atoms in total. The Morgan fingerprint density at radius 3 is 2.88 bits per heavy atom. The molecule has 0 aromatic carbocycles. The first-order valence-corrected chi connectivity index (χ1v) is 6.31. The third-order valence-corrected chi connectivity index (χ3v) is 3.90. The molecule has 86 valence electrons. The average molecular weight is 217 g/mol. The normalized spacial score (nSPS) is 22.8. The zero-order valence-electron chi connectivity index (χ0n) is 10.2. The summed E-state index contributed by atoms with van der Waals surface area (Å²) in [4.78, 5) is 12.2. The highest BCUT2D eigenvalue weighted by molar-refractivity contribution is 5.98. The van der Waals surface area contributed by atoms with Gasteiger partial charge in [0.05, 0.1) is 5.69 Å². The maximum absolute atomic E-state index is 12.2. The van der Waals surface area contributed by atoms with Gasteiger partial charge in [0, 0.05) is 18.7 Å². The molecule has 0 saturated carbocycles. The van der Waals surface area contributed by atoms with Gasteiger partial charge < -0.3 is 4.57 Å². The zero-order chi connectivity index (χ0) is 11.3. The number of nitrogens with zero attached hydrogens (tertiary/aromatic N) is 1. The lowest BCUT2D eigenvalue weighted by atomic mass is 9.76. The number of Topliss-reactive ketones (excluding diaryl/α,β-unsaturated/α-hetero) is 1. The van der Waals surface area contributed by atoms with Gasteiger partial charge in [-0.2, -0.15) is 0 Å². The summed E-state index contributed by atoms with van der Waals surface area (Å²) in [5, 5.41) is 0. The Bertz CT molecular complexity index is 454. The standard InChI is InChI=1S/C14H19NO/c1-14(2)8-10-7-11-5-3-4-6-15(11)13(10)12(16)9-14/h7H,3-6,8-9H2,1-2H3. The van der Waals surface area contributed by atoms with E-state index in [0.29, 0.717) is 12.2 Å². The summed E-state index contributed by atoms with van der Waals surface area (Å²) in [5.41, 5.74) is 3.89. The van der Waals surface area contributed by atoms with Crippen LogP contribution in [0.3, 0.4) is 0 Å². The minimum absolute atomic E-state index is 0.154. The average Bonchev–Trinajstić information content (AvgIpc) is 2.52. The number of carbonyl (C=O) groups excluding carboxylic acids is 1. The van der Waals surface area contributed by atoms with E-state index < -0.39 is 0 Å². The molecule has 1 aromatic rings. The van der Waals surface area contributed by atoms with Crippen molar-refractivity contribution < 1.29 is 4.79 Å². The van der Waals surface area contributed by atoms with Crippen LogP contribution in [0.2, 0.25) is 0 Å². The predicted octanol–water partition coefficient (Wildman–Crippen LogP) is 2.98. The molecule has 3 rings (SSSR count). The number of carbonyl (C=O) groups is 1. The molecule has 0 bridgehead atoms. The quantitative estimate of drug-likeness (QED) is 0.655. The third-order valence-electron chi connectivity index (χ3n) is 3.90. The lowest BCUT2D eigenvalue weighted by molar-refractivity contribution is 0.0901. The molecule has 1 aromatic heterocycles. The van der Waals surface area contributed by atoms with E-state index in [9.17, 15) is 4.79 Å². The molecule has 0 fully saturated rings. The van der Waals surface area contributed by atoms with Crippen LogP contribution in [0.15, 0.2) is 6.07 Å². The van der Waals surface area contributed by atoms with Crippen molar-refractivity contribution in [3.63, 3.8) is 0 Å². The minimum atomic E-state index is 0.154. The minimum Gasteiger partial charge on any atom is -0.342 e. The number of aromatic nitrogens is 1. The SMILES string of the molecule is CC1(C)CC(=O)c2c(cc3n2CCCC3)C1. The van der Waals surface area contributed by atoms with Gasteiger partial charge in [0.2, 0.25) is 0 Å². The Labute approximate surface area is 96.6 Å². The smallest absolute Gasteiger partial charge is 0.180 e. The molecule has 1 aliphatic carbocycles. The number of aryl methyl sites for hydroxylation is 1. The molecular formula is C14H19NO. The first kappa shape index (κ1) is 10.1. The summed E-state index contributed by atoms with van der Waals surface area (Å²) < 4.78 is 2.29. The lowest BCUT2D eigenvalue weighted by Crippen LogP contribution is -2.28. The Morgan fingerprint density at radius 1 is 1.25 bits per heavy atom. The van der Waals surface area contributed by atoms with Crippen molar-refractivity contribution in [3.05, 3.63) is 23.0 Å². The lowest BCUT2D eigenvalue weighted by Gasteiger charge is -2.29. The highest BCUT2D eigenvalue weighted by atomic mass is 16.1. The summed E-state index contributed by atoms with van der Waals surface area (Å²) in [6.07, 6.45) is 5.43. The van der Waals surface area contributed by atoms with Gasteiger partial charge in [-0.1, -0.05) is 13.8 Å². The monoisotopic (exact) mass is 217 g/mol. The first-order chi connectivity index (χ1) is 7.57. The molecule has 16 heavy (non-hydrogen) atoms. The summed E-state index contributed by atoms with van der Waals surface area (Å²) in [5.74, 6) is 0.361. The molecule has 0 radical (unpaired) electrons. The van der Waals surface area contributed by atoms with Crippen LogP contribution < -0.4 is 0 Å².